The van der Waals surface area contributed by atoms with E-state index in [4.69, 9.17) is 12.2 Å². The van der Waals surface area contributed by atoms with E-state index in [1.807, 2.05) is 38.1 Å². The average Bonchev–Trinajstić information content (AvgIpc) is 2.84. The number of aromatic hydroxyl groups is 1. The number of carbonyl (C=O) groups excluding carboxylic acids is 2. The van der Waals surface area contributed by atoms with Gasteiger partial charge in [-0.05, 0) is 79.7 Å². The number of nitrogens with one attached hydrogen (secondary N) is 3. The molecule has 1 heterocycles. The Labute approximate surface area is 209 Å². The van der Waals surface area contributed by atoms with Crippen molar-refractivity contribution in [2.24, 2.45) is 0 Å². The van der Waals surface area contributed by atoms with Crippen molar-refractivity contribution in [2.75, 3.05) is 5.32 Å². The van der Waals surface area contributed by atoms with Crippen molar-refractivity contribution in [3.63, 3.8) is 0 Å². The highest BCUT2D eigenvalue weighted by Gasteiger charge is 2.29. The largest absolute Gasteiger partial charge is 0.508 e. The van der Waals surface area contributed by atoms with Crippen LogP contribution >= 0.6 is 12.2 Å². The normalized spacial score (nSPS) is 15.5. The molecule has 1 aliphatic rings. The summed E-state index contributed by atoms with van der Waals surface area (Å²) in [5.41, 5.74) is 5.17. The molecule has 1 unspecified atom stereocenters. The molecule has 3 aromatic rings. The van der Waals surface area contributed by atoms with Crippen LogP contribution in [0.2, 0.25) is 0 Å². The van der Waals surface area contributed by atoms with Crippen LogP contribution in [0.5, 0.6) is 5.75 Å². The number of anilines is 1. The Hall–Kier alpha value is -4.23. The second-order valence-corrected chi connectivity index (χ2v) is 8.71. The minimum absolute atomic E-state index is 0.164. The van der Waals surface area contributed by atoms with E-state index in [0.29, 0.717) is 27.6 Å². The number of amides is 1. The van der Waals surface area contributed by atoms with Crippen LogP contribution in [0.1, 0.15) is 40.0 Å². The Morgan fingerprint density at radius 1 is 0.943 bits per heavy atom. The van der Waals surface area contributed by atoms with E-state index < -0.39 is 0 Å². The standard InChI is InChI=1S/C28H25N3O3S/c1-17-3-8-21(9-4-17)26-25(18(2)29-28(35)31-26)27(34)30-22-12-10-20(11-13-22)24(33)16-7-19-5-14-23(32)15-6-19/h3-16,26,32H,1-2H3,(H,30,34)(H2,29,31,35)/b16-7+. The zero-order valence-electron chi connectivity index (χ0n) is 19.3. The van der Waals surface area contributed by atoms with Gasteiger partial charge in [-0.25, -0.2) is 0 Å². The fourth-order valence-corrected chi connectivity index (χ4v) is 4.04. The molecule has 1 aliphatic heterocycles. The molecule has 0 spiro atoms. The maximum atomic E-state index is 13.2. The van der Waals surface area contributed by atoms with Crippen LogP contribution in [0.15, 0.2) is 90.1 Å². The summed E-state index contributed by atoms with van der Waals surface area (Å²) < 4.78 is 0. The molecule has 6 nitrogen and oxygen atoms in total. The summed E-state index contributed by atoms with van der Waals surface area (Å²) in [4.78, 5) is 25.8. The number of benzene rings is 3. The number of hydrogen-bond acceptors (Lipinski definition) is 4. The molecule has 0 saturated carbocycles. The maximum Gasteiger partial charge on any atom is 0.255 e. The molecule has 0 aromatic heterocycles. The first kappa shape index (κ1) is 23.9. The van der Waals surface area contributed by atoms with Gasteiger partial charge in [0.15, 0.2) is 10.9 Å². The molecular formula is C28H25N3O3S. The number of allylic oxidation sites excluding steroid dienone is 2. The van der Waals surface area contributed by atoms with Crippen molar-refractivity contribution in [1.82, 2.24) is 10.6 Å². The number of phenols is 1. The summed E-state index contributed by atoms with van der Waals surface area (Å²) in [6.07, 6.45) is 3.16. The van der Waals surface area contributed by atoms with Crippen molar-refractivity contribution < 1.29 is 14.7 Å². The van der Waals surface area contributed by atoms with Crippen LogP contribution in [-0.4, -0.2) is 21.9 Å². The van der Waals surface area contributed by atoms with E-state index in [1.54, 1.807) is 54.6 Å². The summed E-state index contributed by atoms with van der Waals surface area (Å²) in [6, 6.07) is 20.9. The molecule has 0 radical (unpaired) electrons. The highest BCUT2D eigenvalue weighted by molar-refractivity contribution is 7.80. The summed E-state index contributed by atoms with van der Waals surface area (Å²) in [6.45, 7) is 3.84. The lowest BCUT2D eigenvalue weighted by Crippen LogP contribution is -2.45. The van der Waals surface area contributed by atoms with Gasteiger partial charge < -0.3 is 21.1 Å². The monoisotopic (exact) mass is 483 g/mol. The molecule has 0 bridgehead atoms. The number of phenolic OH excluding ortho intramolecular Hbond substituents is 1. The number of aryl methyl sites for hydroxylation is 1. The Morgan fingerprint density at radius 3 is 2.26 bits per heavy atom. The molecule has 4 rings (SSSR count). The van der Waals surface area contributed by atoms with Crippen LogP contribution in [0, 0.1) is 6.92 Å². The van der Waals surface area contributed by atoms with E-state index in [9.17, 15) is 14.7 Å². The van der Waals surface area contributed by atoms with E-state index in [2.05, 4.69) is 16.0 Å². The van der Waals surface area contributed by atoms with Crippen molar-refractivity contribution >= 4 is 40.8 Å². The molecule has 176 valence electrons. The zero-order chi connectivity index (χ0) is 24.9. The Kier molecular flexibility index (Phi) is 7.08. The molecule has 35 heavy (non-hydrogen) atoms. The number of rotatable bonds is 6. The lowest BCUT2D eigenvalue weighted by molar-refractivity contribution is -0.113. The van der Waals surface area contributed by atoms with Gasteiger partial charge in [-0.15, -0.1) is 0 Å². The van der Waals surface area contributed by atoms with Gasteiger partial charge in [0.2, 0.25) is 0 Å². The van der Waals surface area contributed by atoms with Crippen molar-refractivity contribution in [3.05, 3.63) is 112 Å². The average molecular weight is 484 g/mol. The minimum Gasteiger partial charge on any atom is -0.508 e. The second kappa shape index (κ2) is 10.4. The lowest BCUT2D eigenvalue weighted by atomic mass is 9.94. The third-order valence-electron chi connectivity index (χ3n) is 5.67. The molecule has 1 amide bonds. The van der Waals surface area contributed by atoms with Gasteiger partial charge in [-0.2, -0.15) is 0 Å². The number of hydrogen-bond donors (Lipinski definition) is 4. The zero-order valence-corrected chi connectivity index (χ0v) is 20.1. The van der Waals surface area contributed by atoms with Gasteiger partial charge in [0.1, 0.15) is 5.75 Å². The number of carbonyl (C=O) groups is 2. The van der Waals surface area contributed by atoms with Crippen LogP contribution < -0.4 is 16.0 Å². The van der Waals surface area contributed by atoms with Gasteiger partial charge in [0.05, 0.1) is 11.6 Å². The fraction of sp³-hybridized carbons (Fsp3) is 0.107. The molecule has 0 fully saturated rings. The van der Waals surface area contributed by atoms with Crippen molar-refractivity contribution in [3.8, 4) is 5.75 Å². The predicted molar refractivity (Wildman–Crippen MR) is 142 cm³/mol. The first-order chi connectivity index (χ1) is 16.8. The first-order valence-electron chi connectivity index (χ1n) is 11.1. The molecule has 7 heteroatoms. The van der Waals surface area contributed by atoms with Gasteiger partial charge >= 0.3 is 0 Å². The predicted octanol–water partition coefficient (Wildman–Crippen LogP) is 5.03. The van der Waals surface area contributed by atoms with Crippen LogP contribution in [-0.2, 0) is 4.79 Å². The lowest BCUT2D eigenvalue weighted by Gasteiger charge is -2.30. The minimum atomic E-state index is -0.379. The maximum absolute atomic E-state index is 13.2. The van der Waals surface area contributed by atoms with Crippen LogP contribution in [0.4, 0.5) is 5.69 Å². The van der Waals surface area contributed by atoms with Crippen molar-refractivity contribution in [2.45, 2.75) is 19.9 Å². The van der Waals surface area contributed by atoms with Crippen LogP contribution in [0.3, 0.4) is 0 Å². The van der Waals surface area contributed by atoms with Gasteiger partial charge in [-0.1, -0.05) is 48.0 Å². The number of thiocarbonyl (C=S) groups is 1. The summed E-state index contributed by atoms with van der Waals surface area (Å²) >= 11 is 5.32. The van der Waals surface area contributed by atoms with E-state index in [1.165, 1.54) is 6.08 Å². The SMILES string of the molecule is CC1=C(C(=O)Nc2ccc(C(=O)/C=C/c3ccc(O)cc3)cc2)C(c2ccc(C)cc2)NC(=S)N1. The first-order valence-corrected chi connectivity index (χ1v) is 11.5. The van der Waals surface area contributed by atoms with Gasteiger partial charge in [0, 0.05) is 16.9 Å². The van der Waals surface area contributed by atoms with Crippen LogP contribution in [0.25, 0.3) is 6.08 Å². The third-order valence-corrected chi connectivity index (χ3v) is 5.89. The molecule has 3 aromatic carbocycles. The van der Waals surface area contributed by atoms with Gasteiger partial charge in [-0.3, -0.25) is 9.59 Å². The van der Waals surface area contributed by atoms with E-state index >= 15 is 0 Å². The molecule has 1 atom stereocenters. The highest BCUT2D eigenvalue weighted by atomic mass is 32.1. The van der Waals surface area contributed by atoms with E-state index in [-0.39, 0.29) is 23.5 Å². The van der Waals surface area contributed by atoms with E-state index in [0.717, 1.165) is 16.7 Å². The summed E-state index contributed by atoms with van der Waals surface area (Å²) in [7, 11) is 0. The Balaban J connectivity index is 1.48. The molecular weight excluding hydrogens is 458 g/mol. The topological polar surface area (TPSA) is 90.5 Å². The summed E-state index contributed by atoms with van der Waals surface area (Å²) in [5.74, 6) is -0.255. The molecule has 0 saturated heterocycles. The van der Waals surface area contributed by atoms with Gasteiger partial charge in [0.25, 0.3) is 5.91 Å². The number of ketones is 1. The quantitative estimate of drug-likeness (QED) is 0.223. The third kappa shape index (κ3) is 5.83. The molecule has 0 aliphatic carbocycles. The molecule has 4 N–H and O–H groups in total. The fourth-order valence-electron chi connectivity index (χ4n) is 3.77. The summed E-state index contributed by atoms with van der Waals surface area (Å²) in [5, 5.41) is 19.0. The second-order valence-electron chi connectivity index (χ2n) is 8.30. The Bertz CT molecular complexity index is 1330. The smallest absolute Gasteiger partial charge is 0.255 e. The Morgan fingerprint density at radius 2 is 1.60 bits per heavy atom. The van der Waals surface area contributed by atoms with Crippen molar-refractivity contribution in [1.29, 1.82) is 0 Å². The highest BCUT2D eigenvalue weighted by Crippen LogP contribution is 2.28.